The van der Waals surface area contributed by atoms with Crippen molar-refractivity contribution in [3.05, 3.63) is 0 Å². The molecule has 0 spiro atoms. The van der Waals surface area contributed by atoms with Gasteiger partial charge in [0.1, 0.15) is 0 Å². The third-order valence-electron chi connectivity index (χ3n) is 7.31. The molecule has 4 nitrogen and oxygen atoms in total. The minimum absolute atomic E-state index is 0.727. The van der Waals surface area contributed by atoms with E-state index in [2.05, 4.69) is 16.0 Å². The Kier molecular flexibility index (Phi) is 15.2. The zero-order valence-corrected chi connectivity index (χ0v) is 19.4. The Morgan fingerprint density at radius 1 is 0.621 bits per heavy atom. The van der Waals surface area contributed by atoms with Gasteiger partial charge in [-0.1, -0.05) is 89.9 Å². The van der Waals surface area contributed by atoms with E-state index in [0.717, 1.165) is 57.1 Å². The van der Waals surface area contributed by atoms with Crippen LogP contribution in [-0.4, -0.2) is 45.3 Å². The average Bonchev–Trinajstić information content (AvgIpc) is 2.76. The summed E-state index contributed by atoms with van der Waals surface area (Å²) >= 11 is 0. The third-order valence-corrected chi connectivity index (χ3v) is 7.31. The minimum Gasteiger partial charge on any atom is -0.329 e. The maximum atomic E-state index is 5.51. The number of nitrogens with one attached hydrogen (secondary N) is 3. The summed E-state index contributed by atoms with van der Waals surface area (Å²) < 4.78 is 0. The summed E-state index contributed by atoms with van der Waals surface area (Å²) in [6.07, 6.45) is 23.5. The molecular formula is C25H52N4. The molecular weight excluding hydrogens is 356 g/mol. The van der Waals surface area contributed by atoms with Crippen molar-refractivity contribution in [2.45, 2.75) is 109 Å². The number of nitrogens with two attached hydrogens (primary N) is 1. The Morgan fingerprint density at radius 3 is 1.62 bits per heavy atom. The normalized spacial score (nSPS) is 19.2. The van der Waals surface area contributed by atoms with Gasteiger partial charge in [-0.2, -0.15) is 0 Å². The number of hydrogen-bond donors (Lipinski definition) is 4. The third kappa shape index (κ3) is 13.0. The average molecular weight is 409 g/mol. The highest BCUT2D eigenvalue weighted by Crippen LogP contribution is 2.29. The van der Waals surface area contributed by atoms with Crippen LogP contribution in [0.15, 0.2) is 0 Å². The second-order valence-electron chi connectivity index (χ2n) is 9.81. The largest absolute Gasteiger partial charge is 0.329 e. The first-order valence-corrected chi connectivity index (χ1v) is 13.2. The fourth-order valence-corrected chi connectivity index (χ4v) is 5.50. The van der Waals surface area contributed by atoms with Gasteiger partial charge in [0, 0.05) is 45.3 Å². The van der Waals surface area contributed by atoms with Crippen molar-refractivity contribution in [3.8, 4) is 0 Å². The fraction of sp³-hybridized carbons (Fsp3) is 1.00. The molecule has 4 heteroatoms. The van der Waals surface area contributed by atoms with Crippen LogP contribution in [0.25, 0.3) is 0 Å². The molecule has 0 saturated heterocycles. The first-order valence-electron chi connectivity index (χ1n) is 13.2. The lowest BCUT2D eigenvalue weighted by Crippen LogP contribution is -2.37. The van der Waals surface area contributed by atoms with E-state index in [1.807, 2.05) is 0 Å². The molecule has 0 aliphatic heterocycles. The van der Waals surface area contributed by atoms with Crippen LogP contribution in [0.3, 0.4) is 0 Å². The van der Waals surface area contributed by atoms with E-state index in [9.17, 15) is 0 Å². The Hall–Kier alpha value is -0.160. The van der Waals surface area contributed by atoms with Gasteiger partial charge in [0.15, 0.2) is 0 Å². The van der Waals surface area contributed by atoms with Crippen molar-refractivity contribution in [3.63, 3.8) is 0 Å². The Balaban J connectivity index is 1.57. The van der Waals surface area contributed by atoms with E-state index in [1.54, 1.807) is 0 Å². The van der Waals surface area contributed by atoms with Gasteiger partial charge in [0.25, 0.3) is 0 Å². The van der Waals surface area contributed by atoms with Crippen LogP contribution < -0.4 is 21.7 Å². The van der Waals surface area contributed by atoms with Crippen molar-refractivity contribution in [2.24, 2.45) is 17.6 Å². The predicted molar refractivity (Wildman–Crippen MR) is 127 cm³/mol. The molecule has 2 saturated carbocycles. The maximum Gasteiger partial charge on any atom is 0.00793 e. The number of rotatable bonds is 17. The van der Waals surface area contributed by atoms with Crippen LogP contribution in [-0.2, 0) is 0 Å². The van der Waals surface area contributed by atoms with Gasteiger partial charge in [0.05, 0.1) is 0 Å². The predicted octanol–water partition coefficient (Wildman–Crippen LogP) is 4.58. The molecule has 5 N–H and O–H groups in total. The lowest BCUT2D eigenvalue weighted by molar-refractivity contribution is 0.304. The molecule has 29 heavy (non-hydrogen) atoms. The number of hydrogen-bond acceptors (Lipinski definition) is 4. The summed E-state index contributed by atoms with van der Waals surface area (Å²) in [6.45, 7) is 5.88. The van der Waals surface area contributed by atoms with Gasteiger partial charge in [-0.15, -0.1) is 0 Å². The van der Waals surface area contributed by atoms with Gasteiger partial charge >= 0.3 is 0 Å². The first-order chi connectivity index (χ1) is 14.4. The lowest BCUT2D eigenvalue weighted by atomic mass is 9.84. The zero-order valence-electron chi connectivity index (χ0n) is 19.4. The van der Waals surface area contributed by atoms with E-state index in [-0.39, 0.29) is 0 Å². The second kappa shape index (κ2) is 17.5. The Bertz CT molecular complexity index is 327. The van der Waals surface area contributed by atoms with Crippen LogP contribution in [0.4, 0.5) is 0 Å². The molecule has 2 rings (SSSR count). The van der Waals surface area contributed by atoms with Gasteiger partial charge in [-0.3, -0.25) is 0 Å². The molecule has 0 aromatic heterocycles. The summed E-state index contributed by atoms with van der Waals surface area (Å²) in [6, 6.07) is 0.736. The summed E-state index contributed by atoms with van der Waals surface area (Å²) in [5, 5.41) is 10.8. The van der Waals surface area contributed by atoms with Crippen LogP contribution >= 0.6 is 0 Å². The Labute approximate surface area is 181 Å². The topological polar surface area (TPSA) is 62.1 Å². The maximum absolute atomic E-state index is 5.51. The molecule has 0 unspecified atom stereocenters. The molecule has 0 bridgehead atoms. The molecule has 0 heterocycles. The van der Waals surface area contributed by atoms with E-state index in [0.29, 0.717) is 0 Å². The van der Waals surface area contributed by atoms with E-state index >= 15 is 0 Å². The quantitative estimate of drug-likeness (QED) is 0.266. The summed E-state index contributed by atoms with van der Waals surface area (Å²) in [5.41, 5.74) is 5.51. The Morgan fingerprint density at radius 2 is 1.10 bits per heavy atom. The molecule has 0 radical (unpaired) electrons. The van der Waals surface area contributed by atoms with Crippen LogP contribution in [0.1, 0.15) is 103 Å². The zero-order chi connectivity index (χ0) is 20.4. The van der Waals surface area contributed by atoms with Gasteiger partial charge in [0.2, 0.25) is 0 Å². The van der Waals surface area contributed by atoms with E-state index in [4.69, 9.17) is 5.73 Å². The molecule has 0 aromatic carbocycles. The second-order valence-corrected chi connectivity index (χ2v) is 9.81. The van der Waals surface area contributed by atoms with Gasteiger partial charge in [-0.05, 0) is 24.7 Å². The summed E-state index contributed by atoms with van der Waals surface area (Å²) in [7, 11) is 0. The van der Waals surface area contributed by atoms with Crippen LogP contribution in [0, 0.1) is 11.8 Å². The summed E-state index contributed by atoms with van der Waals surface area (Å²) in [4.78, 5) is 0. The highest BCUT2D eigenvalue weighted by atomic mass is 15.0. The van der Waals surface area contributed by atoms with Crippen molar-refractivity contribution >= 4 is 0 Å². The smallest absolute Gasteiger partial charge is 0.00793 e. The van der Waals surface area contributed by atoms with Crippen LogP contribution in [0.5, 0.6) is 0 Å². The standard InChI is InChI=1S/C25H52N4/c26-17-18-27-19-20-28-21-22-29-25(15-7-13-23-9-3-1-4-10-23)16-8-14-24-11-5-2-6-12-24/h23-25,27-29H,1-22,26H2. The van der Waals surface area contributed by atoms with Crippen molar-refractivity contribution in [1.29, 1.82) is 0 Å². The molecule has 0 aromatic rings. The monoisotopic (exact) mass is 408 g/mol. The summed E-state index contributed by atoms with van der Waals surface area (Å²) in [5.74, 6) is 2.07. The van der Waals surface area contributed by atoms with E-state index in [1.165, 1.54) is 103 Å². The van der Waals surface area contributed by atoms with Gasteiger partial charge in [-0.25, -0.2) is 0 Å². The van der Waals surface area contributed by atoms with Gasteiger partial charge < -0.3 is 21.7 Å². The van der Waals surface area contributed by atoms with E-state index < -0.39 is 0 Å². The molecule has 2 fully saturated rings. The minimum atomic E-state index is 0.727. The van der Waals surface area contributed by atoms with Crippen LogP contribution in [0.2, 0.25) is 0 Å². The highest BCUT2D eigenvalue weighted by Gasteiger charge is 2.16. The molecule has 172 valence electrons. The molecule has 2 aliphatic carbocycles. The van der Waals surface area contributed by atoms with Crippen molar-refractivity contribution < 1.29 is 0 Å². The van der Waals surface area contributed by atoms with Crippen molar-refractivity contribution in [1.82, 2.24) is 16.0 Å². The fourth-order valence-electron chi connectivity index (χ4n) is 5.50. The molecule has 0 amide bonds. The molecule has 2 aliphatic rings. The molecule has 0 atom stereocenters. The van der Waals surface area contributed by atoms with Crippen molar-refractivity contribution in [2.75, 3.05) is 39.3 Å². The lowest BCUT2D eigenvalue weighted by Gasteiger charge is -2.25. The first kappa shape index (κ1) is 25.1. The SMILES string of the molecule is NCCNCCNCCNC(CCCC1CCCCC1)CCCC1CCCCC1. The highest BCUT2D eigenvalue weighted by molar-refractivity contribution is 4.73.